The van der Waals surface area contributed by atoms with Gasteiger partial charge in [-0.1, -0.05) is 19.3 Å². The van der Waals surface area contributed by atoms with Crippen molar-refractivity contribution < 1.29 is 0 Å². The highest BCUT2D eigenvalue weighted by Gasteiger charge is 2.42. The fourth-order valence-corrected chi connectivity index (χ4v) is 3.90. The number of nitrogens with zero attached hydrogens (tertiary/aromatic N) is 1. The summed E-state index contributed by atoms with van der Waals surface area (Å²) in [6.07, 6.45) is 9.93. The van der Waals surface area contributed by atoms with Gasteiger partial charge in [-0.25, -0.2) is 0 Å². The summed E-state index contributed by atoms with van der Waals surface area (Å²) in [7, 11) is 2.29. The van der Waals surface area contributed by atoms with Crippen LogP contribution in [0.1, 0.15) is 44.9 Å². The Bertz CT molecular complexity index is 197. The Hall–Kier alpha value is -0.0800. The summed E-state index contributed by atoms with van der Waals surface area (Å²) in [6, 6.07) is 0. The van der Waals surface area contributed by atoms with Gasteiger partial charge < -0.3 is 10.6 Å². The van der Waals surface area contributed by atoms with Gasteiger partial charge in [-0.05, 0) is 57.2 Å². The number of rotatable bonds is 2. The minimum atomic E-state index is 0.643. The van der Waals surface area contributed by atoms with Crippen molar-refractivity contribution in [2.24, 2.45) is 17.1 Å². The minimum Gasteiger partial charge on any atom is -0.330 e. The van der Waals surface area contributed by atoms with Crippen LogP contribution in [0.25, 0.3) is 0 Å². The Balaban J connectivity index is 2.06. The summed E-state index contributed by atoms with van der Waals surface area (Å²) in [5, 5.41) is 0. The first-order valence-corrected chi connectivity index (χ1v) is 6.65. The second-order valence-electron chi connectivity index (χ2n) is 5.72. The molecule has 0 radical (unpaired) electrons. The van der Waals surface area contributed by atoms with Crippen molar-refractivity contribution >= 4 is 0 Å². The lowest BCUT2D eigenvalue weighted by Gasteiger charge is -2.50. The second-order valence-corrected chi connectivity index (χ2v) is 5.72. The summed E-state index contributed by atoms with van der Waals surface area (Å²) in [4.78, 5) is 2.54. The van der Waals surface area contributed by atoms with Crippen molar-refractivity contribution in [1.82, 2.24) is 4.90 Å². The van der Waals surface area contributed by atoms with Crippen molar-refractivity contribution in [1.29, 1.82) is 0 Å². The molecule has 2 N–H and O–H groups in total. The van der Waals surface area contributed by atoms with E-state index in [9.17, 15) is 0 Å². The van der Waals surface area contributed by atoms with Gasteiger partial charge in [0.2, 0.25) is 0 Å². The van der Waals surface area contributed by atoms with E-state index in [-0.39, 0.29) is 0 Å². The van der Waals surface area contributed by atoms with Crippen molar-refractivity contribution in [2.45, 2.75) is 44.9 Å². The molecule has 2 fully saturated rings. The topological polar surface area (TPSA) is 29.3 Å². The molecule has 2 aliphatic rings. The first kappa shape index (κ1) is 11.4. The predicted molar refractivity (Wildman–Crippen MR) is 64.8 cm³/mol. The summed E-state index contributed by atoms with van der Waals surface area (Å²) in [5.41, 5.74) is 6.41. The maximum atomic E-state index is 5.77. The number of nitrogens with two attached hydrogens (primary N) is 1. The molecule has 0 aromatic rings. The van der Waals surface area contributed by atoms with Crippen LogP contribution in [0.15, 0.2) is 0 Å². The first-order chi connectivity index (χ1) is 7.27. The quantitative estimate of drug-likeness (QED) is 0.757. The van der Waals surface area contributed by atoms with Gasteiger partial charge in [0.1, 0.15) is 0 Å². The van der Waals surface area contributed by atoms with E-state index in [1.807, 2.05) is 0 Å². The summed E-state index contributed by atoms with van der Waals surface area (Å²) in [5.74, 6) is 0.916. The molecule has 2 rings (SSSR count). The molecule has 2 nitrogen and oxygen atoms in total. The van der Waals surface area contributed by atoms with E-state index in [0.29, 0.717) is 5.41 Å². The highest BCUT2D eigenvalue weighted by molar-refractivity contribution is 4.94. The molecule has 1 unspecified atom stereocenters. The fourth-order valence-electron chi connectivity index (χ4n) is 3.90. The zero-order chi connectivity index (χ0) is 10.7. The van der Waals surface area contributed by atoms with Gasteiger partial charge in [-0.3, -0.25) is 0 Å². The third-order valence-electron chi connectivity index (χ3n) is 4.67. The van der Waals surface area contributed by atoms with E-state index >= 15 is 0 Å². The van der Waals surface area contributed by atoms with E-state index in [1.165, 1.54) is 58.0 Å². The molecule has 0 aromatic carbocycles. The molecule has 1 heterocycles. The first-order valence-electron chi connectivity index (χ1n) is 6.65. The Morgan fingerprint density at radius 1 is 1.27 bits per heavy atom. The lowest BCUT2D eigenvalue weighted by atomic mass is 9.62. The summed E-state index contributed by atoms with van der Waals surface area (Å²) < 4.78 is 0. The molecule has 1 atom stereocenters. The zero-order valence-corrected chi connectivity index (χ0v) is 10.2. The van der Waals surface area contributed by atoms with Crippen molar-refractivity contribution in [3.63, 3.8) is 0 Å². The van der Waals surface area contributed by atoms with Crippen LogP contribution in [0.5, 0.6) is 0 Å². The maximum absolute atomic E-state index is 5.77. The van der Waals surface area contributed by atoms with E-state index in [4.69, 9.17) is 5.73 Å². The van der Waals surface area contributed by atoms with Gasteiger partial charge in [-0.2, -0.15) is 0 Å². The van der Waals surface area contributed by atoms with Crippen LogP contribution in [-0.4, -0.2) is 31.6 Å². The lowest BCUT2D eigenvalue weighted by Crippen LogP contribution is -2.48. The van der Waals surface area contributed by atoms with Gasteiger partial charge in [0, 0.05) is 6.54 Å². The number of hydrogen-bond donors (Lipinski definition) is 1. The standard InChI is InChI=1S/C13H26N2/c1-15-10-6-12(5-9-14)13(11-15)7-3-2-4-8-13/h12H,2-11,14H2,1H3. The van der Waals surface area contributed by atoms with E-state index in [1.54, 1.807) is 0 Å². The van der Waals surface area contributed by atoms with E-state index in [0.717, 1.165) is 12.5 Å². The minimum absolute atomic E-state index is 0.643. The summed E-state index contributed by atoms with van der Waals surface area (Å²) in [6.45, 7) is 3.50. The lowest BCUT2D eigenvalue weighted by molar-refractivity contribution is 0.00398. The molecule has 0 bridgehead atoms. The molecule has 88 valence electrons. The molecular weight excluding hydrogens is 184 g/mol. The third kappa shape index (κ3) is 2.36. The van der Waals surface area contributed by atoms with E-state index in [2.05, 4.69) is 11.9 Å². The number of hydrogen-bond acceptors (Lipinski definition) is 2. The molecule has 1 spiro atoms. The average Bonchev–Trinajstić information content (AvgIpc) is 2.24. The molecule has 15 heavy (non-hydrogen) atoms. The Kier molecular flexibility index (Phi) is 3.68. The van der Waals surface area contributed by atoms with Gasteiger partial charge in [0.25, 0.3) is 0 Å². The van der Waals surface area contributed by atoms with Crippen LogP contribution in [0.3, 0.4) is 0 Å². The monoisotopic (exact) mass is 210 g/mol. The zero-order valence-electron chi connectivity index (χ0n) is 10.2. The van der Waals surface area contributed by atoms with Gasteiger partial charge in [0.05, 0.1) is 0 Å². The summed E-state index contributed by atoms with van der Waals surface area (Å²) >= 11 is 0. The van der Waals surface area contributed by atoms with Crippen molar-refractivity contribution in [2.75, 3.05) is 26.7 Å². The van der Waals surface area contributed by atoms with Crippen molar-refractivity contribution in [3.8, 4) is 0 Å². The molecular formula is C13H26N2. The Labute approximate surface area is 94.2 Å². The van der Waals surface area contributed by atoms with Crippen molar-refractivity contribution in [3.05, 3.63) is 0 Å². The highest BCUT2D eigenvalue weighted by Crippen LogP contribution is 2.47. The fraction of sp³-hybridized carbons (Fsp3) is 1.00. The predicted octanol–water partition coefficient (Wildman–Crippen LogP) is 2.24. The van der Waals surface area contributed by atoms with E-state index < -0.39 is 0 Å². The van der Waals surface area contributed by atoms with Crippen LogP contribution in [0.2, 0.25) is 0 Å². The maximum Gasteiger partial charge on any atom is 0.00376 e. The number of piperidine rings is 1. The van der Waals surface area contributed by atoms with Crippen LogP contribution >= 0.6 is 0 Å². The second kappa shape index (κ2) is 4.84. The highest BCUT2D eigenvalue weighted by atomic mass is 15.1. The third-order valence-corrected chi connectivity index (χ3v) is 4.67. The largest absolute Gasteiger partial charge is 0.330 e. The van der Waals surface area contributed by atoms with Crippen LogP contribution in [-0.2, 0) is 0 Å². The normalized spacial score (nSPS) is 32.0. The van der Waals surface area contributed by atoms with Gasteiger partial charge in [-0.15, -0.1) is 0 Å². The molecule has 0 amide bonds. The molecule has 1 aliphatic heterocycles. The van der Waals surface area contributed by atoms with Gasteiger partial charge in [0.15, 0.2) is 0 Å². The van der Waals surface area contributed by atoms with Crippen LogP contribution in [0.4, 0.5) is 0 Å². The average molecular weight is 210 g/mol. The van der Waals surface area contributed by atoms with Gasteiger partial charge >= 0.3 is 0 Å². The molecule has 1 saturated heterocycles. The molecule has 0 aromatic heterocycles. The van der Waals surface area contributed by atoms with Crippen LogP contribution in [0, 0.1) is 11.3 Å². The molecule has 1 aliphatic carbocycles. The molecule has 2 heteroatoms. The smallest absolute Gasteiger partial charge is 0.00376 e. The van der Waals surface area contributed by atoms with Crippen LogP contribution < -0.4 is 5.73 Å². The SMILES string of the molecule is CN1CCC(CCN)C2(CCCCC2)C1. The Morgan fingerprint density at radius 2 is 2.00 bits per heavy atom. The number of likely N-dealkylation sites (tertiary alicyclic amines) is 1. The molecule has 1 saturated carbocycles. The Morgan fingerprint density at radius 3 is 2.67 bits per heavy atom.